The highest BCUT2D eigenvalue weighted by Gasteiger charge is 2.13. The zero-order valence-corrected chi connectivity index (χ0v) is 15.8. The van der Waals surface area contributed by atoms with E-state index in [-0.39, 0.29) is 18.6 Å². The first kappa shape index (κ1) is 19.4. The van der Waals surface area contributed by atoms with Crippen LogP contribution in [0.2, 0.25) is 0 Å². The molecule has 2 heterocycles. The molecule has 0 aliphatic carbocycles. The molecule has 0 aliphatic heterocycles. The molecular formula is C19H17N3O5S. The van der Waals surface area contributed by atoms with Gasteiger partial charge in [-0.25, -0.2) is 0 Å². The van der Waals surface area contributed by atoms with Crippen molar-refractivity contribution in [2.75, 3.05) is 11.9 Å². The third kappa shape index (κ3) is 5.34. The van der Waals surface area contributed by atoms with Crippen LogP contribution in [0.15, 0.2) is 45.6 Å². The number of carbonyl (C=O) groups is 3. The summed E-state index contributed by atoms with van der Waals surface area (Å²) < 4.78 is 10.1. The Hall–Kier alpha value is -3.33. The molecule has 1 amide bonds. The second-order valence-corrected chi connectivity index (χ2v) is 6.65. The van der Waals surface area contributed by atoms with Crippen molar-refractivity contribution < 1.29 is 23.6 Å². The van der Waals surface area contributed by atoms with Gasteiger partial charge in [0.2, 0.25) is 11.7 Å². The van der Waals surface area contributed by atoms with Gasteiger partial charge < -0.3 is 14.6 Å². The minimum absolute atomic E-state index is 0.0123. The van der Waals surface area contributed by atoms with Crippen molar-refractivity contribution >= 4 is 34.7 Å². The third-order valence-corrected chi connectivity index (χ3v) is 4.39. The minimum atomic E-state index is -0.553. The van der Waals surface area contributed by atoms with E-state index in [1.165, 1.54) is 18.3 Å². The topological polar surface area (TPSA) is 111 Å². The van der Waals surface area contributed by atoms with E-state index in [9.17, 15) is 14.4 Å². The summed E-state index contributed by atoms with van der Waals surface area (Å²) in [7, 11) is 0. The van der Waals surface area contributed by atoms with Crippen LogP contribution in [0.1, 0.15) is 29.6 Å². The number of benzene rings is 1. The second kappa shape index (κ2) is 9.05. The van der Waals surface area contributed by atoms with E-state index in [0.717, 1.165) is 5.56 Å². The van der Waals surface area contributed by atoms with Gasteiger partial charge in [-0.1, -0.05) is 17.3 Å². The van der Waals surface area contributed by atoms with E-state index in [0.29, 0.717) is 23.0 Å². The average molecular weight is 399 g/mol. The molecule has 0 aliphatic rings. The van der Waals surface area contributed by atoms with Crippen LogP contribution in [0, 0.1) is 0 Å². The quantitative estimate of drug-likeness (QED) is 0.457. The summed E-state index contributed by atoms with van der Waals surface area (Å²) >= 11 is 1.52. The first-order valence-electron chi connectivity index (χ1n) is 8.43. The first-order chi connectivity index (χ1) is 13.5. The van der Waals surface area contributed by atoms with E-state index in [1.54, 1.807) is 24.3 Å². The van der Waals surface area contributed by atoms with Gasteiger partial charge >= 0.3 is 5.97 Å². The van der Waals surface area contributed by atoms with Crippen molar-refractivity contribution in [3.63, 3.8) is 0 Å². The number of thiophene rings is 1. The molecule has 144 valence electrons. The molecule has 0 bridgehead atoms. The van der Waals surface area contributed by atoms with Crippen LogP contribution < -0.4 is 5.32 Å². The number of anilines is 1. The fourth-order valence-corrected chi connectivity index (χ4v) is 2.94. The maximum absolute atomic E-state index is 11.9. The standard InChI is InChI=1S/C19H17N3O5S/c1-12(23)13-3-2-4-15(9-13)20-16(24)10-26-18(25)6-5-17-21-19(22-27-17)14-7-8-28-11-14/h2-4,7-9,11H,5-6,10H2,1H3,(H,20,24). The Labute approximate surface area is 164 Å². The fourth-order valence-electron chi connectivity index (χ4n) is 2.31. The number of Topliss-reactive ketones (excluding diaryl/α,β-unsaturated/α-hetero) is 1. The molecule has 0 atom stereocenters. The molecule has 2 aromatic heterocycles. The zero-order valence-electron chi connectivity index (χ0n) is 15.0. The van der Waals surface area contributed by atoms with E-state index >= 15 is 0 Å². The molecule has 8 nitrogen and oxygen atoms in total. The maximum atomic E-state index is 11.9. The number of hydrogen-bond acceptors (Lipinski definition) is 8. The number of nitrogens with one attached hydrogen (secondary N) is 1. The normalized spacial score (nSPS) is 10.5. The van der Waals surface area contributed by atoms with Gasteiger partial charge in [-0.15, -0.1) is 0 Å². The van der Waals surface area contributed by atoms with Crippen molar-refractivity contribution in [1.82, 2.24) is 10.1 Å². The monoisotopic (exact) mass is 399 g/mol. The highest BCUT2D eigenvalue weighted by molar-refractivity contribution is 7.08. The van der Waals surface area contributed by atoms with E-state index < -0.39 is 18.5 Å². The Bertz CT molecular complexity index is 981. The summed E-state index contributed by atoms with van der Waals surface area (Å²) in [6.45, 7) is 1.02. The summed E-state index contributed by atoms with van der Waals surface area (Å²) in [5.74, 6) is -0.361. The van der Waals surface area contributed by atoms with Crippen LogP contribution >= 0.6 is 11.3 Å². The molecule has 1 N–H and O–H groups in total. The molecule has 3 rings (SSSR count). The predicted octanol–water partition coefficient (Wildman–Crippen LogP) is 3.12. The van der Waals surface area contributed by atoms with Gasteiger partial charge in [-0.3, -0.25) is 14.4 Å². The molecule has 0 saturated heterocycles. The summed E-state index contributed by atoms with van der Waals surface area (Å²) in [4.78, 5) is 39.3. The van der Waals surface area contributed by atoms with Crippen LogP contribution in [0.4, 0.5) is 5.69 Å². The Morgan fingerprint density at radius 1 is 1.25 bits per heavy atom. The number of rotatable bonds is 8. The molecular weight excluding hydrogens is 382 g/mol. The van der Waals surface area contributed by atoms with Gasteiger partial charge in [-0.2, -0.15) is 16.3 Å². The van der Waals surface area contributed by atoms with Crippen molar-refractivity contribution in [2.24, 2.45) is 0 Å². The number of ether oxygens (including phenoxy) is 1. The lowest BCUT2D eigenvalue weighted by Crippen LogP contribution is -2.21. The largest absolute Gasteiger partial charge is 0.456 e. The molecule has 0 radical (unpaired) electrons. The Kier molecular flexibility index (Phi) is 6.28. The third-order valence-electron chi connectivity index (χ3n) is 3.71. The van der Waals surface area contributed by atoms with E-state index in [1.807, 2.05) is 16.8 Å². The van der Waals surface area contributed by atoms with Gasteiger partial charge in [0.1, 0.15) is 0 Å². The first-order valence-corrected chi connectivity index (χ1v) is 9.37. The smallest absolute Gasteiger partial charge is 0.306 e. The number of aromatic nitrogens is 2. The lowest BCUT2D eigenvalue weighted by Gasteiger charge is -2.07. The van der Waals surface area contributed by atoms with Crippen molar-refractivity contribution in [1.29, 1.82) is 0 Å². The summed E-state index contributed by atoms with van der Waals surface area (Å²) in [5.41, 5.74) is 1.80. The average Bonchev–Trinajstić information content (AvgIpc) is 3.36. The van der Waals surface area contributed by atoms with Gasteiger partial charge in [0.25, 0.3) is 5.91 Å². The van der Waals surface area contributed by atoms with E-state index in [4.69, 9.17) is 9.26 Å². The molecule has 0 unspecified atom stereocenters. The molecule has 0 saturated carbocycles. The highest BCUT2D eigenvalue weighted by Crippen LogP contribution is 2.19. The number of nitrogens with zero attached hydrogens (tertiary/aromatic N) is 2. The zero-order chi connectivity index (χ0) is 19.9. The van der Waals surface area contributed by atoms with Gasteiger partial charge in [0.05, 0.1) is 6.42 Å². The number of esters is 1. The fraction of sp³-hybridized carbons (Fsp3) is 0.211. The van der Waals surface area contributed by atoms with Crippen molar-refractivity contribution in [3.8, 4) is 11.4 Å². The van der Waals surface area contributed by atoms with Crippen LogP contribution in [0.3, 0.4) is 0 Å². The SMILES string of the molecule is CC(=O)c1cccc(NC(=O)COC(=O)CCc2nc(-c3ccsc3)no2)c1. The number of carbonyl (C=O) groups excluding carboxylic acids is 3. The molecule has 3 aromatic rings. The summed E-state index contributed by atoms with van der Waals surface area (Å²) in [6, 6.07) is 8.39. The molecule has 28 heavy (non-hydrogen) atoms. The summed E-state index contributed by atoms with van der Waals surface area (Å²) in [5, 5.41) is 10.2. The Balaban J connectivity index is 1.42. The van der Waals surface area contributed by atoms with Gasteiger partial charge in [0.15, 0.2) is 12.4 Å². The lowest BCUT2D eigenvalue weighted by atomic mass is 10.1. The maximum Gasteiger partial charge on any atom is 0.306 e. The van der Waals surface area contributed by atoms with Crippen LogP contribution in [-0.2, 0) is 20.7 Å². The van der Waals surface area contributed by atoms with E-state index in [2.05, 4.69) is 15.5 Å². The molecule has 0 fully saturated rings. The minimum Gasteiger partial charge on any atom is -0.456 e. The summed E-state index contributed by atoms with van der Waals surface area (Å²) in [6.07, 6.45) is 0.233. The molecule has 0 spiro atoms. The van der Waals surface area contributed by atoms with Crippen molar-refractivity contribution in [3.05, 3.63) is 52.5 Å². The lowest BCUT2D eigenvalue weighted by molar-refractivity contribution is -0.147. The Morgan fingerprint density at radius 3 is 2.86 bits per heavy atom. The number of aryl methyl sites for hydroxylation is 1. The number of ketones is 1. The predicted molar refractivity (Wildman–Crippen MR) is 102 cm³/mol. The Morgan fingerprint density at radius 2 is 2.11 bits per heavy atom. The van der Waals surface area contributed by atoms with Crippen LogP contribution in [0.5, 0.6) is 0 Å². The molecule has 1 aromatic carbocycles. The van der Waals surface area contributed by atoms with Gasteiger partial charge in [-0.05, 0) is 30.5 Å². The number of hydrogen-bond donors (Lipinski definition) is 1. The van der Waals surface area contributed by atoms with Crippen molar-refractivity contribution in [2.45, 2.75) is 19.8 Å². The highest BCUT2D eigenvalue weighted by atomic mass is 32.1. The van der Waals surface area contributed by atoms with Crippen LogP contribution in [0.25, 0.3) is 11.4 Å². The second-order valence-electron chi connectivity index (χ2n) is 5.87. The van der Waals surface area contributed by atoms with Crippen LogP contribution in [-0.4, -0.2) is 34.4 Å². The van der Waals surface area contributed by atoms with Gasteiger partial charge in [0, 0.05) is 28.6 Å². The molecule has 9 heteroatoms. The number of amides is 1.